The number of hydrogen-bond acceptors (Lipinski definition) is 4. The van der Waals surface area contributed by atoms with E-state index in [1.54, 1.807) is 11.8 Å². The van der Waals surface area contributed by atoms with Gasteiger partial charge in [-0.2, -0.15) is 18.3 Å². The van der Waals surface area contributed by atoms with E-state index in [1.165, 1.54) is 18.3 Å². The Labute approximate surface area is 172 Å². The molecule has 30 heavy (non-hydrogen) atoms. The van der Waals surface area contributed by atoms with Gasteiger partial charge in [-0.15, -0.1) is 0 Å². The van der Waals surface area contributed by atoms with Crippen molar-refractivity contribution in [3.05, 3.63) is 52.8 Å². The lowest BCUT2D eigenvalue weighted by Crippen LogP contribution is -2.58. The number of aromatic nitrogens is 2. The topological polar surface area (TPSA) is 81.3 Å². The number of H-pyrrole nitrogens is 1. The molecule has 1 aromatic carbocycles. The maximum atomic E-state index is 12.7. The number of carbonyl (C=O) groups is 2. The highest BCUT2D eigenvalue weighted by Crippen LogP contribution is 2.29. The monoisotopic (exact) mass is 423 g/mol. The van der Waals surface area contributed by atoms with Gasteiger partial charge in [0, 0.05) is 31.9 Å². The van der Waals surface area contributed by atoms with Crippen molar-refractivity contribution in [1.82, 2.24) is 25.3 Å². The lowest BCUT2D eigenvalue weighted by Gasteiger charge is -2.38. The molecule has 1 saturated heterocycles. The van der Waals surface area contributed by atoms with Gasteiger partial charge in [-0.3, -0.25) is 19.6 Å². The Balaban J connectivity index is 1.54. The average molecular weight is 423 g/mol. The molecule has 1 aromatic heterocycles. The van der Waals surface area contributed by atoms with Gasteiger partial charge in [0.25, 0.3) is 5.91 Å². The Kier molecular flexibility index (Phi) is 6.45. The van der Waals surface area contributed by atoms with Crippen molar-refractivity contribution in [3.63, 3.8) is 0 Å². The fraction of sp³-hybridized carbons (Fsp3) is 0.450. The summed E-state index contributed by atoms with van der Waals surface area (Å²) in [6.45, 7) is 3.38. The summed E-state index contributed by atoms with van der Waals surface area (Å²) in [6.07, 6.45) is -2.47. The Morgan fingerprint density at radius 1 is 1.23 bits per heavy atom. The number of halogens is 3. The summed E-state index contributed by atoms with van der Waals surface area (Å²) < 4.78 is 37.9. The zero-order valence-corrected chi connectivity index (χ0v) is 16.8. The van der Waals surface area contributed by atoms with Gasteiger partial charge in [-0.1, -0.05) is 12.1 Å². The van der Waals surface area contributed by atoms with Crippen LogP contribution in [-0.4, -0.2) is 71.1 Å². The number of benzene rings is 1. The fourth-order valence-corrected chi connectivity index (χ4v) is 3.39. The molecule has 2 heterocycles. The maximum absolute atomic E-state index is 12.7. The quantitative estimate of drug-likeness (QED) is 0.769. The first-order valence-electron chi connectivity index (χ1n) is 9.60. The number of aryl methyl sites for hydroxylation is 1. The van der Waals surface area contributed by atoms with Crippen LogP contribution in [0.4, 0.5) is 13.2 Å². The Morgan fingerprint density at radius 3 is 2.53 bits per heavy atom. The number of alkyl halides is 3. The predicted molar refractivity (Wildman–Crippen MR) is 104 cm³/mol. The number of aromatic amines is 1. The van der Waals surface area contributed by atoms with Gasteiger partial charge in [-0.05, 0) is 38.1 Å². The van der Waals surface area contributed by atoms with E-state index in [4.69, 9.17) is 0 Å². The van der Waals surface area contributed by atoms with E-state index >= 15 is 0 Å². The van der Waals surface area contributed by atoms with Gasteiger partial charge in [0.15, 0.2) is 0 Å². The highest BCUT2D eigenvalue weighted by atomic mass is 19.4. The van der Waals surface area contributed by atoms with Crippen molar-refractivity contribution >= 4 is 11.8 Å². The van der Waals surface area contributed by atoms with E-state index in [2.05, 4.69) is 15.5 Å². The summed E-state index contributed by atoms with van der Waals surface area (Å²) in [4.78, 5) is 28.9. The lowest BCUT2D eigenvalue weighted by molar-refractivity contribution is -0.137. The standard InChI is InChI=1S/C20H24F3N5O2/c1-13-16(11-25-26-13)19(30)28-10-9-27(2)17(12-28)18(29)24-8-7-14-3-5-15(6-4-14)20(21,22)23/h3-6,11,17H,7-10,12H2,1-2H3,(H,24,29)(H,25,26). The van der Waals surface area contributed by atoms with Gasteiger partial charge in [0.2, 0.25) is 5.91 Å². The normalized spacial score (nSPS) is 17.8. The van der Waals surface area contributed by atoms with Crippen molar-refractivity contribution in [2.75, 3.05) is 33.2 Å². The minimum Gasteiger partial charge on any atom is -0.354 e. The molecular formula is C20H24F3N5O2. The van der Waals surface area contributed by atoms with Crippen molar-refractivity contribution in [1.29, 1.82) is 0 Å². The van der Waals surface area contributed by atoms with Crippen molar-refractivity contribution in [2.45, 2.75) is 25.6 Å². The van der Waals surface area contributed by atoms with E-state index < -0.39 is 17.8 Å². The van der Waals surface area contributed by atoms with E-state index in [9.17, 15) is 22.8 Å². The van der Waals surface area contributed by atoms with Crippen LogP contribution in [0.1, 0.15) is 27.2 Å². The molecule has 10 heteroatoms. The average Bonchev–Trinajstić information content (AvgIpc) is 3.13. The molecule has 0 spiro atoms. The highest BCUT2D eigenvalue weighted by Gasteiger charge is 2.33. The number of likely N-dealkylation sites (N-methyl/N-ethyl adjacent to an activating group) is 1. The van der Waals surface area contributed by atoms with Crippen LogP contribution in [0.3, 0.4) is 0 Å². The molecule has 7 nitrogen and oxygen atoms in total. The first-order chi connectivity index (χ1) is 14.2. The number of amides is 2. The molecule has 3 rings (SSSR count). The smallest absolute Gasteiger partial charge is 0.354 e. The van der Waals surface area contributed by atoms with E-state index in [1.807, 2.05) is 11.9 Å². The molecule has 0 bridgehead atoms. The van der Waals surface area contributed by atoms with Crippen LogP contribution in [0.2, 0.25) is 0 Å². The second kappa shape index (κ2) is 8.86. The number of hydrogen-bond donors (Lipinski definition) is 2. The maximum Gasteiger partial charge on any atom is 0.416 e. The first-order valence-corrected chi connectivity index (χ1v) is 9.60. The number of piperazine rings is 1. The summed E-state index contributed by atoms with van der Waals surface area (Å²) in [5.41, 5.74) is 1.17. The Hall–Kier alpha value is -2.88. The molecule has 2 aromatic rings. The molecule has 0 aliphatic carbocycles. The molecule has 2 N–H and O–H groups in total. The molecule has 162 valence electrons. The SMILES string of the molecule is Cc1[nH]ncc1C(=O)N1CCN(C)C(C(=O)NCCc2ccc(C(F)(F)F)cc2)C1. The second-order valence-electron chi connectivity index (χ2n) is 7.39. The van der Waals surface area contributed by atoms with E-state index in [0.717, 1.165) is 12.1 Å². The minimum atomic E-state index is -4.36. The van der Waals surface area contributed by atoms with Gasteiger partial charge in [0.05, 0.1) is 17.3 Å². The van der Waals surface area contributed by atoms with Crippen LogP contribution in [0.25, 0.3) is 0 Å². The summed E-state index contributed by atoms with van der Waals surface area (Å²) in [5, 5.41) is 9.43. The zero-order valence-electron chi connectivity index (χ0n) is 16.8. The molecule has 1 aliphatic rings. The van der Waals surface area contributed by atoms with E-state index in [0.29, 0.717) is 42.9 Å². The minimum absolute atomic E-state index is 0.170. The third-order valence-corrected chi connectivity index (χ3v) is 5.29. The van der Waals surface area contributed by atoms with Crippen LogP contribution < -0.4 is 5.32 Å². The van der Waals surface area contributed by atoms with Gasteiger partial charge >= 0.3 is 6.18 Å². The fourth-order valence-electron chi connectivity index (χ4n) is 3.39. The van der Waals surface area contributed by atoms with Crippen molar-refractivity contribution in [2.24, 2.45) is 0 Å². The summed E-state index contributed by atoms with van der Waals surface area (Å²) in [6, 6.07) is 4.40. The second-order valence-corrected chi connectivity index (χ2v) is 7.39. The summed E-state index contributed by atoms with van der Waals surface area (Å²) in [5.74, 6) is -0.386. The van der Waals surface area contributed by atoms with E-state index in [-0.39, 0.29) is 18.4 Å². The van der Waals surface area contributed by atoms with Crippen molar-refractivity contribution in [3.8, 4) is 0 Å². The zero-order chi connectivity index (χ0) is 21.9. The molecule has 1 aliphatic heterocycles. The molecule has 1 unspecified atom stereocenters. The highest BCUT2D eigenvalue weighted by molar-refractivity contribution is 5.95. The van der Waals surface area contributed by atoms with Crippen LogP contribution >= 0.6 is 0 Å². The summed E-state index contributed by atoms with van der Waals surface area (Å²) in [7, 11) is 1.82. The molecular weight excluding hydrogens is 399 g/mol. The molecule has 1 atom stereocenters. The number of rotatable bonds is 5. The number of nitrogens with zero attached hydrogens (tertiary/aromatic N) is 3. The summed E-state index contributed by atoms with van der Waals surface area (Å²) >= 11 is 0. The number of nitrogens with one attached hydrogen (secondary N) is 2. The van der Waals surface area contributed by atoms with Crippen LogP contribution in [0.15, 0.2) is 30.5 Å². The van der Waals surface area contributed by atoms with Gasteiger partial charge in [0.1, 0.15) is 6.04 Å². The Morgan fingerprint density at radius 2 is 1.93 bits per heavy atom. The molecule has 1 fully saturated rings. The van der Waals surface area contributed by atoms with Crippen molar-refractivity contribution < 1.29 is 22.8 Å². The third-order valence-electron chi connectivity index (χ3n) is 5.29. The van der Waals surface area contributed by atoms with Crippen LogP contribution in [0, 0.1) is 6.92 Å². The van der Waals surface area contributed by atoms with Crippen LogP contribution in [0.5, 0.6) is 0 Å². The number of carbonyl (C=O) groups excluding carboxylic acids is 2. The largest absolute Gasteiger partial charge is 0.416 e. The van der Waals surface area contributed by atoms with Crippen LogP contribution in [-0.2, 0) is 17.4 Å². The Bertz CT molecular complexity index is 895. The van der Waals surface area contributed by atoms with Gasteiger partial charge in [-0.25, -0.2) is 0 Å². The first kappa shape index (κ1) is 21.8. The lowest BCUT2D eigenvalue weighted by atomic mass is 10.1. The predicted octanol–water partition coefficient (Wildman–Crippen LogP) is 1.85. The molecule has 2 amide bonds. The third kappa shape index (κ3) is 4.99. The molecule has 0 radical (unpaired) electrons. The molecule has 0 saturated carbocycles. The van der Waals surface area contributed by atoms with Gasteiger partial charge < -0.3 is 10.2 Å².